The van der Waals surface area contributed by atoms with Crippen LogP contribution >= 0.6 is 0 Å². The van der Waals surface area contributed by atoms with Gasteiger partial charge in [0.15, 0.2) is 11.5 Å². The van der Waals surface area contributed by atoms with E-state index in [-0.39, 0.29) is 0 Å². The van der Waals surface area contributed by atoms with Crippen LogP contribution < -0.4 is 14.2 Å². The summed E-state index contributed by atoms with van der Waals surface area (Å²) in [7, 11) is 1.64. The van der Waals surface area contributed by atoms with Gasteiger partial charge in [-0.2, -0.15) is 5.26 Å². The minimum Gasteiger partial charge on any atom is -0.497 e. The molecule has 0 saturated carbocycles. The molecule has 0 fully saturated rings. The molecule has 4 nitrogen and oxygen atoms in total. The zero-order valence-electron chi connectivity index (χ0n) is 12.1. The number of methoxy groups -OCH3 is 1. The van der Waals surface area contributed by atoms with Crippen LogP contribution in [0.3, 0.4) is 0 Å². The van der Waals surface area contributed by atoms with E-state index in [9.17, 15) is 0 Å². The summed E-state index contributed by atoms with van der Waals surface area (Å²) in [6, 6.07) is 14.9. The molecule has 0 aliphatic rings. The maximum absolute atomic E-state index is 8.92. The highest BCUT2D eigenvalue weighted by atomic mass is 16.5. The zero-order chi connectivity index (χ0) is 15.1. The predicted octanol–water partition coefficient (Wildman–Crippen LogP) is 3.54. The van der Waals surface area contributed by atoms with Crippen molar-refractivity contribution in [3.8, 4) is 23.3 Å². The summed E-state index contributed by atoms with van der Waals surface area (Å²) in [4.78, 5) is 0. The molecule has 0 bridgehead atoms. The standard InChI is InChI=1S/C17H17NO3/c1-3-20-17-10-14(11-18)6-9-16(17)21-12-13-4-7-15(19-2)8-5-13/h4-10H,3,12H2,1-2H3. The van der Waals surface area contributed by atoms with Crippen LogP contribution in [0, 0.1) is 11.3 Å². The Hall–Kier alpha value is -2.67. The molecular formula is C17H17NO3. The van der Waals surface area contributed by atoms with Crippen molar-refractivity contribution in [2.45, 2.75) is 13.5 Å². The van der Waals surface area contributed by atoms with Gasteiger partial charge in [0.05, 0.1) is 25.3 Å². The van der Waals surface area contributed by atoms with Crippen LogP contribution in [0.4, 0.5) is 0 Å². The lowest BCUT2D eigenvalue weighted by molar-refractivity contribution is 0.269. The lowest BCUT2D eigenvalue weighted by atomic mass is 10.2. The molecule has 0 atom stereocenters. The van der Waals surface area contributed by atoms with E-state index in [1.165, 1.54) is 0 Å². The SMILES string of the molecule is CCOc1cc(C#N)ccc1OCc1ccc(OC)cc1. The van der Waals surface area contributed by atoms with E-state index in [1.807, 2.05) is 31.2 Å². The van der Waals surface area contributed by atoms with Gasteiger partial charge in [0.2, 0.25) is 0 Å². The molecule has 0 radical (unpaired) electrons. The van der Waals surface area contributed by atoms with Crippen LogP contribution in [0.25, 0.3) is 0 Å². The third-order valence-corrected chi connectivity index (χ3v) is 2.93. The quantitative estimate of drug-likeness (QED) is 0.813. The van der Waals surface area contributed by atoms with Crippen LogP contribution in [0.2, 0.25) is 0 Å². The second-order valence-corrected chi connectivity index (χ2v) is 4.34. The van der Waals surface area contributed by atoms with E-state index in [0.29, 0.717) is 30.3 Å². The van der Waals surface area contributed by atoms with Crippen molar-refractivity contribution < 1.29 is 14.2 Å². The molecule has 0 N–H and O–H groups in total. The first-order valence-electron chi connectivity index (χ1n) is 6.69. The van der Waals surface area contributed by atoms with Crippen LogP contribution in [-0.2, 0) is 6.61 Å². The maximum Gasteiger partial charge on any atom is 0.162 e. The molecule has 0 amide bonds. The fourth-order valence-electron chi connectivity index (χ4n) is 1.85. The van der Waals surface area contributed by atoms with E-state index in [4.69, 9.17) is 19.5 Å². The van der Waals surface area contributed by atoms with Crippen LogP contribution in [-0.4, -0.2) is 13.7 Å². The van der Waals surface area contributed by atoms with E-state index in [1.54, 1.807) is 25.3 Å². The number of ether oxygens (including phenoxy) is 3. The number of nitriles is 1. The number of benzene rings is 2. The van der Waals surface area contributed by atoms with Crippen molar-refractivity contribution in [1.82, 2.24) is 0 Å². The summed E-state index contributed by atoms with van der Waals surface area (Å²) in [5.41, 5.74) is 1.58. The largest absolute Gasteiger partial charge is 0.497 e. The molecular weight excluding hydrogens is 266 g/mol. The van der Waals surface area contributed by atoms with Gasteiger partial charge in [-0.05, 0) is 36.8 Å². The number of rotatable bonds is 6. The van der Waals surface area contributed by atoms with Crippen LogP contribution in [0.15, 0.2) is 42.5 Å². The lowest BCUT2D eigenvalue weighted by Crippen LogP contribution is -2.00. The normalized spacial score (nSPS) is 9.76. The summed E-state index contributed by atoms with van der Waals surface area (Å²) in [6.45, 7) is 2.84. The van der Waals surface area contributed by atoms with Crippen LogP contribution in [0.5, 0.6) is 17.2 Å². The van der Waals surface area contributed by atoms with Gasteiger partial charge in [0, 0.05) is 6.07 Å². The summed E-state index contributed by atoms with van der Waals surface area (Å²) < 4.78 is 16.4. The highest BCUT2D eigenvalue weighted by Gasteiger charge is 2.07. The summed E-state index contributed by atoms with van der Waals surface area (Å²) in [6.07, 6.45) is 0. The van der Waals surface area contributed by atoms with Crippen LogP contribution in [0.1, 0.15) is 18.1 Å². The predicted molar refractivity (Wildman–Crippen MR) is 79.7 cm³/mol. The molecule has 0 saturated heterocycles. The molecule has 2 aromatic carbocycles. The van der Waals surface area contributed by atoms with Gasteiger partial charge in [-0.1, -0.05) is 12.1 Å². The van der Waals surface area contributed by atoms with Crippen molar-refractivity contribution >= 4 is 0 Å². The Balaban J connectivity index is 2.09. The molecule has 21 heavy (non-hydrogen) atoms. The molecule has 2 aromatic rings. The lowest BCUT2D eigenvalue weighted by Gasteiger charge is -2.12. The Labute approximate surface area is 124 Å². The molecule has 0 heterocycles. The smallest absolute Gasteiger partial charge is 0.162 e. The monoisotopic (exact) mass is 283 g/mol. The van der Waals surface area contributed by atoms with Crippen molar-refractivity contribution in [1.29, 1.82) is 5.26 Å². The van der Waals surface area contributed by atoms with Gasteiger partial charge >= 0.3 is 0 Å². The minimum absolute atomic E-state index is 0.427. The van der Waals surface area contributed by atoms with Gasteiger partial charge < -0.3 is 14.2 Å². The Bertz CT molecular complexity index is 629. The molecule has 0 aromatic heterocycles. The van der Waals surface area contributed by atoms with Gasteiger partial charge in [0.25, 0.3) is 0 Å². The first-order chi connectivity index (χ1) is 10.3. The Morgan fingerprint density at radius 1 is 1.00 bits per heavy atom. The van der Waals surface area contributed by atoms with Crippen molar-refractivity contribution in [2.24, 2.45) is 0 Å². The highest BCUT2D eigenvalue weighted by Crippen LogP contribution is 2.29. The minimum atomic E-state index is 0.427. The number of hydrogen-bond donors (Lipinski definition) is 0. The summed E-state index contributed by atoms with van der Waals surface area (Å²) >= 11 is 0. The molecule has 0 unspecified atom stereocenters. The van der Waals surface area contributed by atoms with Gasteiger partial charge in [-0.3, -0.25) is 0 Å². The van der Waals surface area contributed by atoms with E-state index in [2.05, 4.69) is 6.07 Å². The highest BCUT2D eigenvalue weighted by molar-refractivity contribution is 5.46. The molecule has 108 valence electrons. The van der Waals surface area contributed by atoms with Crippen molar-refractivity contribution in [2.75, 3.05) is 13.7 Å². The Morgan fingerprint density at radius 3 is 2.38 bits per heavy atom. The molecule has 4 heteroatoms. The van der Waals surface area contributed by atoms with Crippen molar-refractivity contribution in [3.05, 3.63) is 53.6 Å². The summed E-state index contributed by atoms with van der Waals surface area (Å²) in [5, 5.41) is 8.92. The zero-order valence-corrected chi connectivity index (χ0v) is 12.1. The fourth-order valence-corrected chi connectivity index (χ4v) is 1.85. The third-order valence-electron chi connectivity index (χ3n) is 2.93. The average Bonchev–Trinajstić information content (AvgIpc) is 2.54. The molecule has 0 aliphatic carbocycles. The van der Waals surface area contributed by atoms with Crippen molar-refractivity contribution in [3.63, 3.8) is 0 Å². The number of hydrogen-bond acceptors (Lipinski definition) is 4. The Kier molecular flexibility index (Phi) is 5.05. The first-order valence-corrected chi connectivity index (χ1v) is 6.69. The van der Waals surface area contributed by atoms with Gasteiger partial charge in [-0.15, -0.1) is 0 Å². The third kappa shape index (κ3) is 3.90. The first kappa shape index (κ1) is 14.7. The summed E-state index contributed by atoms with van der Waals surface area (Å²) in [5.74, 6) is 2.03. The molecule has 2 rings (SSSR count). The van der Waals surface area contributed by atoms with Gasteiger partial charge in [0.1, 0.15) is 12.4 Å². The molecule has 0 aliphatic heterocycles. The van der Waals surface area contributed by atoms with E-state index < -0.39 is 0 Å². The van der Waals surface area contributed by atoms with Gasteiger partial charge in [-0.25, -0.2) is 0 Å². The van der Waals surface area contributed by atoms with E-state index >= 15 is 0 Å². The second kappa shape index (κ2) is 7.20. The topological polar surface area (TPSA) is 51.5 Å². The fraction of sp³-hybridized carbons (Fsp3) is 0.235. The van der Waals surface area contributed by atoms with E-state index in [0.717, 1.165) is 11.3 Å². The molecule has 0 spiro atoms. The Morgan fingerprint density at radius 2 is 1.76 bits per heavy atom. The second-order valence-electron chi connectivity index (χ2n) is 4.34. The number of nitrogens with zero attached hydrogens (tertiary/aromatic N) is 1. The average molecular weight is 283 g/mol. The maximum atomic E-state index is 8.92.